The van der Waals surface area contributed by atoms with Gasteiger partial charge in [0.15, 0.2) is 0 Å². The van der Waals surface area contributed by atoms with E-state index in [0.717, 1.165) is 12.0 Å². The van der Waals surface area contributed by atoms with Gasteiger partial charge in [0.05, 0.1) is 4.90 Å². The smallest absolute Gasteiger partial charge is 0.243 e. The van der Waals surface area contributed by atoms with Gasteiger partial charge in [-0.15, -0.1) is 0 Å². The first kappa shape index (κ1) is 17.1. The van der Waals surface area contributed by atoms with Crippen LogP contribution in [0.25, 0.3) is 0 Å². The lowest BCUT2D eigenvalue weighted by molar-refractivity contribution is 0.271. The largest absolute Gasteiger partial charge is 0.396 e. The molecule has 0 aromatic heterocycles. The third-order valence-corrected chi connectivity index (χ3v) is 5.61. The summed E-state index contributed by atoms with van der Waals surface area (Å²) in [6.45, 7) is 6.81. The minimum atomic E-state index is -3.45. The van der Waals surface area contributed by atoms with E-state index < -0.39 is 10.0 Å². The fourth-order valence-electron chi connectivity index (χ4n) is 2.05. The Labute approximate surface area is 122 Å². The maximum absolute atomic E-state index is 12.5. The maximum Gasteiger partial charge on any atom is 0.243 e. The summed E-state index contributed by atoms with van der Waals surface area (Å²) < 4.78 is 26.3. The zero-order valence-electron chi connectivity index (χ0n) is 12.5. The van der Waals surface area contributed by atoms with E-state index in [4.69, 9.17) is 5.11 Å². The Bertz CT molecular complexity index is 496. The SMILES string of the molecule is CCC(C)c1ccc(S(=O)(=O)N(CC)CCCO)cc1. The van der Waals surface area contributed by atoms with Gasteiger partial charge in [-0.1, -0.05) is 32.9 Å². The first-order valence-electron chi connectivity index (χ1n) is 7.18. The van der Waals surface area contributed by atoms with E-state index in [1.165, 1.54) is 4.31 Å². The first-order chi connectivity index (χ1) is 9.47. The number of rotatable bonds is 8. The molecule has 1 N–H and O–H groups in total. The predicted molar refractivity (Wildman–Crippen MR) is 81.3 cm³/mol. The quantitative estimate of drug-likeness (QED) is 0.802. The van der Waals surface area contributed by atoms with Crippen LogP contribution in [0.3, 0.4) is 0 Å². The Morgan fingerprint density at radius 1 is 1.20 bits per heavy atom. The van der Waals surface area contributed by atoms with Crippen LogP contribution in [0.1, 0.15) is 45.1 Å². The lowest BCUT2D eigenvalue weighted by Gasteiger charge is -2.20. The Hall–Kier alpha value is -0.910. The van der Waals surface area contributed by atoms with E-state index in [1.807, 2.05) is 19.1 Å². The van der Waals surface area contributed by atoms with Gasteiger partial charge in [-0.05, 0) is 36.5 Å². The van der Waals surface area contributed by atoms with Crippen LogP contribution in [-0.2, 0) is 10.0 Å². The van der Waals surface area contributed by atoms with Gasteiger partial charge in [0.2, 0.25) is 10.0 Å². The van der Waals surface area contributed by atoms with Crippen molar-refractivity contribution in [1.82, 2.24) is 4.31 Å². The van der Waals surface area contributed by atoms with Crippen LogP contribution in [-0.4, -0.2) is 37.5 Å². The fraction of sp³-hybridized carbons (Fsp3) is 0.600. The van der Waals surface area contributed by atoms with Crippen molar-refractivity contribution in [3.8, 4) is 0 Å². The van der Waals surface area contributed by atoms with Crippen LogP contribution in [0.5, 0.6) is 0 Å². The summed E-state index contributed by atoms with van der Waals surface area (Å²) in [6, 6.07) is 7.14. The molecule has 114 valence electrons. The summed E-state index contributed by atoms with van der Waals surface area (Å²) in [4.78, 5) is 0.323. The summed E-state index contributed by atoms with van der Waals surface area (Å²) >= 11 is 0. The highest BCUT2D eigenvalue weighted by atomic mass is 32.2. The fourth-order valence-corrected chi connectivity index (χ4v) is 3.54. The number of nitrogens with zero attached hydrogens (tertiary/aromatic N) is 1. The Kier molecular flexibility index (Phi) is 6.65. The van der Waals surface area contributed by atoms with Gasteiger partial charge in [0.1, 0.15) is 0 Å². The summed E-state index contributed by atoms with van der Waals surface area (Å²) in [5.41, 5.74) is 1.16. The molecule has 0 saturated carbocycles. The Morgan fingerprint density at radius 3 is 2.25 bits per heavy atom. The average molecular weight is 299 g/mol. The van der Waals surface area contributed by atoms with Crippen molar-refractivity contribution in [1.29, 1.82) is 0 Å². The molecule has 0 aliphatic heterocycles. The van der Waals surface area contributed by atoms with Crippen LogP contribution in [0, 0.1) is 0 Å². The highest BCUT2D eigenvalue weighted by Gasteiger charge is 2.22. The van der Waals surface area contributed by atoms with Gasteiger partial charge in [-0.25, -0.2) is 8.42 Å². The molecule has 0 heterocycles. The van der Waals surface area contributed by atoms with E-state index >= 15 is 0 Å². The Morgan fingerprint density at radius 2 is 1.80 bits per heavy atom. The number of aliphatic hydroxyl groups is 1. The zero-order valence-corrected chi connectivity index (χ0v) is 13.4. The average Bonchev–Trinajstić information content (AvgIpc) is 2.47. The van der Waals surface area contributed by atoms with E-state index in [0.29, 0.717) is 30.3 Å². The summed E-state index contributed by atoms with van der Waals surface area (Å²) in [7, 11) is -3.45. The normalized spacial score (nSPS) is 13.7. The van der Waals surface area contributed by atoms with Crippen molar-refractivity contribution in [2.75, 3.05) is 19.7 Å². The molecule has 20 heavy (non-hydrogen) atoms. The summed E-state index contributed by atoms with van der Waals surface area (Å²) in [5.74, 6) is 0.434. The molecular weight excluding hydrogens is 274 g/mol. The third kappa shape index (κ3) is 4.04. The molecule has 0 radical (unpaired) electrons. The molecule has 1 rings (SSSR count). The number of hydrogen-bond donors (Lipinski definition) is 1. The molecule has 0 fully saturated rings. The van der Waals surface area contributed by atoms with Crippen LogP contribution < -0.4 is 0 Å². The first-order valence-corrected chi connectivity index (χ1v) is 8.62. The molecule has 1 atom stereocenters. The second-order valence-electron chi connectivity index (χ2n) is 4.95. The molecule has 1 unspecified atom stereocenters. The highest BCUT2D eigenvalue weighted by Crippen LogP contribution is 2.22. The van der Waals surface area contributed by atoms with Crippen molar-refractivity contribution in [3.05, 3.63) is 29.8 Å². The van der Waals surface area contributed by atoms with Crippen molar-refractivity contribution in [3.63, 3.8) is 0 Å². The number of hydrogen-bond acceptors (Lipinski definition) is 3. The zero-order chi connectivity index (χ0) is 15.2. The van der Waals surface area contributed by atoms with Gasteiger partial charge >= 0.3 is 0 Å². The van der Waals surface area contributed by atoms with E-state index in [9.17, 15) is 8.42 Å². The standard InChI is InChI=1S/C15H25NO3S/c1-4-13(3)14-7-9-15(10-8-14)20(18,19)16(5-2)11-6-12-17/h7-10,13,17H,4-6,11-12H2,1-3H3. The minimum absolute atomic E-state index is 0.00102. The summed E-state index contributed by atoms with van der Waals surface area (Å²) in [6.07, 6.45) is 1.49. The molecule has 0 amide bonds. The van der Waals surface area contributed by atoms with Gasteiger partial charge in [0.25, 0.3) is 0 Å². The number of aliphatic hydroxyl groups excluding tert-OH is 1. The molecule has 0 spiro atoms. The van der Waals surface area contributed by atoms with Crippen molar-refractivity contribution >= 4 is 10.0 Å². The van der Waals surface area contributed by atoms with E-state index in [-0.39, 0.29) is 6.61 Å². The lowest BCUT2D eigenvalue weighted by atomic mass is 9.99. The van der Waals surface area contributed by atoms with Crippen molar-refractivity contribution in [2.24, 2.45) is 0 Å². The second kappa shape index (κ2) is 7.76. The van der Waals surface area contributed by atoms with Gasteiger partial charge in [0, 0.05) is 19.7 Å². The van der Waals surface area contributed by atoms with Crippen LogP contribution in [0.4, 0.5) is 0 Å². The minimum Gasteiger partial charge on any atom is -0.396 e. The molecule has 4 nitrogen and oxygen atoms in total. The van der Waals surface area contributed by atoms with E-state index in [1.54, 1.807) is 12.1 Å². The topological polar surface area (TPSA) is 57.6 Å². The Balaban J connectivity index is 2.96. The van der Waals surface area contributed by atoms with Gasteiger partial charge in [-0.2, -0.15) is 4.31 Å². The molecule has 1 aromatic rings. The molecule has 5 heteroatoms. The van der Waals surface area contributed by atoms with Crippen LogP contribution >= 0.6 is 0 Å². The van der Waals surface area contributed by atoms with Crippen molar-refractivity contribution < 1.29 is 13.5 Å². The molecule has 0 aliphatic carbocycles. The highest BCUT2D eigenvalue weighted by molar-refractivity contribution is 7.89. The number of sulfonamides is 1. The molecular formula is C15H25NO3S. The maximum atomic E-state index is 12.5. The predicted octanol–water partition coefficient (Wildman–Crippen LogP) is 2.59. The van der Waals surface area contributed by atoms with Gasteiger partial charge < -0.3 is 5.11 Å². The summed E-state index contributed by atoms with van der Waals surface area (Å²) in [5, 5.41) is 8.85. The monoisotopic (exact) mass is 299 g/mol. The second-order valence-corrected chi connectivity index (χ2v) is 6.89. The molecule has 1 aromatic carbocycles. The third-order valence-electron chi connectivity index (χ3n) is 3.62. The van der Waals surface area contributed by atoms with Crippen LogP contribution in [0.2, 0.25) is 0 Å². The number of benzene rings is 1. The van der Waals surface area contributed by atoms with Crippen LogP contribution in [0.15, 0.2) is 29.2 Å². The molecule has 0 bridgehead atoms. The van der Waals surface area contributed by atoms with E-state index in [2.05, 4.69) is 13.8 Å². The van der Waals surface area contributed by atoms with Gasteiger partial charge in [-0.3, -0.25) is 0 Å². The molecule has 0 aliphatic rings. The van der Waals surface area contributed by atoms with Crippen molar-refractivity contribution in [2.45, 2.75) is 44.4 Å². The molecule has 0 saturated heterocycles. The lowest BCUT2D eigenvalue weighted by Crippen LogP contribution is -2.32.